The van der Waals surface area contributed by atoms with E-state index in [0.29, 0.717) is 6.61 Å². The Morgan fingerprint density at radius 1 is 1.27 bits per heavy atom. The second-order valence-electron chi connectivity index (χ2n) is 1.86. The van der Waals surface area contributed by atoms with Crippen molar-refractivity contribution in [3.8, 4) is 0 Å². The molecule has 0 saturated carbocycles. The van der Waals surface area contributed by atoms with Crippen LogP contribution in [0.15, 0.2) is 30.3 Å². The Morgan fingerprint density at radius 2 is 1.91 bits per heavy atom. The standard InChI is InChI=1S/C8H7O2.Zr/c9-7-10-6-8-4-2-1-3-5-8;/h1-5H,6H2;/q-1;. The van der Waals surface area contributed by atoms with Crippen molar-refractivity contribution in [2.75, 3.05) is 0 Å². The minimum absolute atomic E-state index is 0. The normalized spacial score (nSPS) is 8.00. The van der Waals surface area contributed by atoms with Crippen LogP contribution in [0.2, 0.25) is 0 Å². The van der Waals surface area contributed by atoms with Crippen LogP contribution in [0, 0.1) is 0 Å². The molecular weight excluding hydrogens is 219 g/mol. The van der Waals surface area contributed by atoms with Crippen LogP contribution in [0.4, 0.5) is 0 Å². The van der Waals surface area contributed by atoms with Gasteiger partial charge in [0.25, 0.3) is 0 Å². The van der Waals surface area contributed by atoms with Crippen molar-refractivity contribution < 1.29 is 35.7 Å². The molecule has 0 heterocycles. The molecule has 3 heteroatoms. The molecule has 0 unspecified atom stereocenters. The molecule has 0 aliphatic carbocycles. The first kappa shape index (κ1) is 10.6. The van der Waals surface area contributed by atoms with Crippen LogP contribution in [0.25, 0.3) is 0 Å². The fraction of sp³-hybridized carbons (Fsp3) is 0.125. The molecule has 0 fully saturated rings. The average molecular weight is 226 g/mol. The van der Waals surface area contributed by atoms with Gasteiger partial charge in [-0.3, -0.25) is 0 Å². The molecule has 0 saturated heterocycles. The molecule has 0 N–H and O–H groups in total. The molecule has 1 aromatic carbocycles. The smallest absolute Gasteiger partial charge is 0.0745 e. The van der Waals surface area contributed by atoms with E-state index in [0.717, 1.165) is 5.56 Å². The average Bonchev–Trinajstić information content (AvgIpc) is 2.03. The van der Waals surface area contributed by atoms with E-state index in [4.69, 9.17) is 0 Å². The van der Waals surface area contributed by atoms with Crippen LogP contribution in [-0.4, -0.2) is 6.47 Å². The molecule has 0 bridgehead atoms. The largest absolute Gasteiger partial charge is 0.650 e. The van der Waals surface area contributed by atoms with Crippen LogP contribution in [0.1, 0.15) is 5.56 Å². The van der Waals surface area contributed by atoms with Crippen LogP contribution < -0.4 is 0 Å². The van der Waals surface area contributed by atoms with Gasteiger partial charge in [-0.1, -0.05) is 36.8 Å². The van der Waals surface area contributed by atoms with E-state index < -0.39 is 0 Å². The van der Waals surface area contributed by atoms with E-state index in [1.807, 2.05) is 30.3 Å². The molecule has 1 aromatic rings. The number of hydrogen-bond donors (Lipinski definition) is 0. The Morgan fingerprint density at radius 3 is 2.45 bits per heavy atom. The van der Waals surface area contributed by atoms with E-state index in [-0.39, 0.29) is 26.2 Å². The first-order valence-electron chi connectivity index (χ1n) is 2.96. The SMILES string of the molecule is O=[C-]OCc1ccccc1.[Zr]. The fourth-order valence-corrected chi connectivity index (χ4v) is 0.687. The maximum Gasteiger partial charge on any atom is 0.0745 e. The number of benzene rings is 1. The summed E-state index contributed by atoms with van der Waals surface area (Å²) in [5.74, 6) is 0. The van der Waals surface area contributed by atoms with Crippen LogP contribution >= 0.6 is 0 Å². The van der Waals surface area contributed by atoms with E-state index in [2.05, 4.69) is 4.74 Å². The summed E-state index contributed by atoms with van der Waals surface area (Å²) < 4.78 is 4.41. The molecule has 56 valence electrons. The van der Waals surface area contributed by atoms with E-state index >= 15 is 0 Å². The van der Waals surface area contributed by atoms with Gasteiger partial charge >= 0.3 is 0 Å². The van der Waals surface area contributed by atoms with Gasteiger partial charge in [-0.05, 0) is 5.56 Å². The topological polar surface area (TPSA) is 26.3 Å². The van der Waals surface area contributed by atoms with Gasteiger partial charge in [0.2, 0.25) is 0 Å². The summed E-state index contributed by atoms with van der Waals surface area (Å²) in [5.41, 5.74) is 0.978. The summed E-state index contributed by atoms with van der Waals surface area (Å²) in [6.07, 6.45) is 0. The first-order valence-corrected chi connectivity index (χ1v) is 2.96. The summed E-state index contributed by atoms with van der Waals surface area (Å²) in [7, 11) is 0. The second-order valence-corrected chi connectivity index (χ2v) is 1.86. The Hall–Kier alpha value is -0.427. The Bertz CT molecular complexity index is 199. The summed E-state index contributed by atoms with van der Waals surface area (Å²) in [6, 6.07) is 9.47. The molecule has 0 aromatic heterocycles. The van der Waals surface area contributed by atoms with Gasteiger partial charge in [0.15, 0.2) is 0 Å². The zero-order chi connectivity index (χ0) is 7.23. The minimum atomic E-state index is 0. The first-order chi connectivity index (χ1) is 4.93. The number of rotatable bonds is 3. The summed E-state index contributed by atoms with van der Waals surface area (Å²) in [4.78, 5) is 9.63. The van der Waals surface area contributed by atoms with Crippen molar-refractivity contribution in [2.45, 2.75) is 6.61 Å². The van der Waals surface area contributed by atoms with Crippen molar-refractivity contribution in [3.63, 3.8) is 0 Å². The minimum Gasteiger partial charge on any atom is -0.650 e. The molecule has 0 aliphatic rings. The van der Waals surface area contributed by atoms with Gasteiger partial charge in [0.05, 0.1) is 6.61 Å². The van der Waals surface area contributed by atoms with Crippen LogP contribution in [0.3, 0.4) is 0 Å². The molecule has 2 nitrogen and oxygen atoms in total. The molecule has 0 atom stereocenters. The van der Waals surface area contributed by atoms with Crippen molar-refractivity contribution in [3.05, 3.63) is 35.9 Å². The maximum absolute atomic E-state index is 9.63. The van der Waals surface area contributed by atoms with Gasteiger partial charge in [-0.25, -0.2) is 0 Å². The number of hydrogen-bond acceptors (Lipinski definition) is 2. The predicted molar refractivity (Wildman–Crippen MR) is 36.9 cm³/mol. The number of ether oxygens (including phenoxy) is 1. The Balaban J connectivity index is 0.000001000. The summed E-state index contributed by atoms with van der Waals surface area (Å²) in [6.45, 7) is 1.68. The maximum atomic E-state index is 9.63. The van der Waals surface area contributed by atoms with Gasteiger partial charge in [-0.15, -0.1) is 0 Å². The molecular formula is C8H7O2Zr-. The fourth-order valence-electron chi connectivity index (χ4n) is 0.687. The molecule has 0 amide bonds. The molecule has 11 heavy (non-hydrogen) atoms. The van der Waals surface area contributed by atoms with Crippen LogP contribution in [-0.2, 0) is 42.3 Å². The van der Waals surface area contributed by atoms with E-state index in [9.17, 15) is 4.79 Å². The third kappa shape index (κ3) is 4.10. The van der Waals surface area contributed by atoms with Crippen molar-refractivity contribution in [1.82, 2.24) is 0 Å². The zero-order valence-electron chi connectivity index (χ0n) is 5.91. The third-order valence-corrected chi connectivity index (χ3v) is 1.14. The quantitative estimate of drug-likeness (QED) is 0.726. The molecule has 0 aliphatic heterocycles. The molecule has 0 spiro atoms. The van der Waals surface area contributed by atoms with Crippen LogP contribution in [0.5, 0.6) is 0 Å². The zero-order valence-corrected chi connectivity index (χ0v) is 8.37. The van der Waals surface area contributed by atoms with Crippen molar-refractivity contribution in [2.24, 2.45) is 0 Å². The molecule has 0 radical (unpaired) electrons. The Kier molecular flexibility index (Phi) is 6.05. The van der Waals surface area contributed by atoms with Gasteiger partial charge in [-0.2, -0.15) is 0 Å². The summed E-state index contributed by atoms with van der Waals surface area (Å²) >= 11 is 0. The number of carbonyl (C=O) groups excluding carboxylic acids is 1. The second kappa shape index (κ2) is 6.29. The summed E-state index contributed by atoms with van der Waals surface area (Å²) in [5, 5.41) is 0. The predicted octanol–water partition coefficient (Wildman–Crippen LogP) is 1.27. The van der Waals surface area contributed by atoms with Gasteiger partial charge in [0.1, 0.15) is 0 Å². The molecule has 1 rings (SSSR count). The monoisotopic (exact) mass is 225 g/mol. The Labute approximate surface area is 84.7 Å². The van der Waals surface area contributed by atoms with Gasteiger partial charge in [0, 0.05) is 26.2 Å². The van der Waals surface area contributed by atoms with Crippen molar-refractivity contribution in [1.29, 1.82) is 0 Å². The van der Waals surface area contributed by atoms with Crippen molar-refractivity contribution >= 4 is 6.47 Å². The van der Waals surface area contributed by atoms with E-state index in [1.165, 1.54) is 6.47 Å². The van der Waals surface area contributed by atoms with E-state index in [1.54, 1.807) is 0 Å². The third-order valence-electron chi connectivity index (χ3n) is 1.14. The van der Waals surface area contributed by atoms with Gasteiger partial charge < -0.3 is 9.53 Å².